The highest BCUT2D eigenvalue weighted by atomic mass is 16.7. The quantitative estimate of drug-likeness (QED) is 0.517. The van der Waals surface area contributed by atoms with Gasteiger partial charge in [0, 0.05) is 5.92 Å². The Morgan fingerprint density at radius 1 is 0.962 bits per heavy atom. The van der Waals surface area contributed by atoms with Crippen LogP contribution in [0.15, 0.2) is 48.5 Å². The molecule has 0 aliphatic heterocycles. The molecule has 0 saturated carbocycles. The molecule has 2 aromatic carbocycles. The summed E-state index contributed by atoms with van der Waals surface area (Å²) in [5.74, 6) is -0.0688. The molecule has 0 heterocycles. The van der Waals surface area contributed by atoms with Gasteiger partial charge < -0.3 is 9.84 Å². The summed E-state index contributed by atoms with van der Waals surface area (Å²) in [7, 11) is 0. The van der Waals surface area contributed by atoms with E-state index in [1.165, 1.54) is 29.5 Å². The molecule has 2 rings (SSSR count). The van der Waals surface area contributed by atoms with Gasteiger partial charge in [-0.15, -0.1) is 0 Å². The standard InChI is InChI=1S/C23H30O3/c1-3-5-11-18-14-10-16-21(20(18)15-6-4-2)22(17-26-23(24)25)19-12-8-7-9-13-19/h7-10,12-14,16,22H,3-6,11,15,17H2,1-2H3,(H,24,25). The van der Waals surface area contributed by atoms with Gasteiger partial charge in [-0.25, -0.2) is 4.79 Å². The van der Waals surface area contributed by atoms with Gasteiger partial charge in [0.1, 0.15) is 6.61 Å². The first-order valence-electron chi connectivity index (χ1n) is 9.68. The average molecular weight is 354 g/mol. The van der Waals surface area contributed by atoms with Gasteiger partial charge in [0.2, 0.25) is 0 Å². The first-order valence-corrected chi connectivity index (χ1v) is 9.68. The number of unbranched alkanes of at least 4 members (excludes halogenated alkanes) is 2. The fraction of sp³-hybridized carbons (Fsp3) is 0.435. The van der Waals surface area contributed by atoms with Crippen molar-refractivity contribution in [1.82, 2.24) is 0 Å². The van der Waals surface area contributed by atoms with Crippen molar-refractivity contribution in [3.63, 3.8) is 0 Å². The second-order valence-corrected chi connectivity index (χ2v) is 6.73. The van der Waals surface area contributed by atoms with E-state index >= 15 is 0 Å². The number of benzene rings is 2. The molecule has 0 amide bonds. The number of carboxylic acid groups (broad SMARTS) is 1. The van der Waals surface area contributed by atoms with Crippen molar-refractivity contribution >= 4 is 6.16 Å². The molecular formula is C23H30O3. The van der Waals surface area contributed by atoms with Gasteiger partial charge in [-0.1, -0.05) is 75.2 Å². The Labute approximate surface area is 157 Å². The van der Waals surface area contributed by atoms with Crippen LogP contribution in [0.4, 0.5) is 4.79 Å². The van der Waals surface area contributed by atoms with E-state index in [2.05, 4.69) is 44.2 Å². The van der Waals surface area contributed by atoms with Crippen LogP contribution in [0.5, 0.6) is 0 Å². The largest absolute Gasteiger partial charge is 0.505 e. The Hall–Kier alpha value is -2.29. The lowest BCUT2D eigenvalue weighted by Crippen LogP contribution is -2.15. The minimum atomic E-state index is -1.22. The summed E-state index contributed by atoms with van der Waals surface area (Å²) >= 11 is 0. The third kappa shape index (κ3) is 5.62. The monoisotopic (exact) mass is 354 g/mol. The molecule has 1 N–H and O–H groups in total. The van der Waals surface area contributed by atoms with E-state index in [1.807, 2.05) is 18.2 Å². The lowest BCUT2D eigenvalue weighted by Gasteiger charge is -2.23. The molecular weight excluding hydrogens is 324 g/mol. The van der Waals surface area contributed by atoms with Crippen molar-refractivity contribution in [1.29, 1.82) is 0 Å². The molecule has 0 spiro atoms. The molecule has 2 aromatic rings. The SMILES string of the molecule is CCCCc1cccc(C(COC(=O)O)c2ccccc2)c1CCCC. The van der Waals surface area contributed by atoms with Crippen molar-refractivity contribution in [3.05, 3.63) is 70.8 Å². The number of ether oxygens (including phenoxy) is 1. The van der Waals surface area contributed by atoms with E-state index in [-0.39, 0.29) is 12.5 Å². The van der Waals surface area contributed by atoms with Gasteiger partial charge in [-0.2, -0.15) is 0 Å². The average Bonchev–Trinajstić information content (AvgIpc) is 2.66. The van der Waals surface area contributed by atoms with Crippen LogP contribution in [-0.2, 0) is 17.6 Å². The molecule has 0 fully saturated rings. The molecule has 1 unspecified atom stereocenters. The topological polar surface area (TPSA) is 46.5 Å². The Kier molecular flexibility index (Phi) is 8.20. The van der Waals surface area contributed by atoms with Crippen molar-refractivity contribution < 1.29 is 14.6 Å². The molecule has 140 valence electrons. The second kappa shape index (κ2) is 10.6. The van der Waals surface area contributed by atoms with Crippen LogP contribution in [0.2, 0.25) is 0 Å². The predicted octanol–water partition coefficient (Wildman–Crippen LogP) is 6.20. The van der Waals surface area contributed by atoms with Crippen LogP contribution in [0, 0.1) is 0 Å². The fourth-order valence-electron chi connectivity index (χ4n) is 3.45. The van der Waals surface area contributed by atoms with Crippen LogP contribution in [0.25, 0.3) is 0 Å². The maximum atomic E-state index is 11.0. The Balaban J connectivity index is 2.45. The summed E-state index contributed by atoms with van der Waals surface area (Å²) in [5, 5.41) is 9.02. The highest BCUT2D eigenvalue weighted by Crippen LogP contribution is 2.31. The van der Waals surface area contributed by atoms with Gasteiger partial charge in [0.25, 0.3) is 0 Å². The summed E-state index contributed by atoms with van der Waals surface area (Å²) < 4.78 is 5.01. The molecule has 0 bridgehead atoms. The lowest BCUT2D eigenvalue weighted by atomic mass is 9.84. The minimum Gasteiger partial charge on any atom is -0.450 e. The zero-order valence-corrected chi connectivity index (χ0v) is 15.9. The summed E-state index contributed by atoms with van der Waals surface area (Å²) in [6.07, 6.45) is 5.50. The summed E-state index contributed by atoms with van der Waals surface area (Å²) in [5.41, 5.74) is 5.08. The van der Waals surface area contributed by atoms with Gasteiger partial charge in [-0.3, -0.25) is 0 Å². The van der Waals surface area contributed by atoms with E-state index in [0.29, 0.717) is 0 Å². The Morgan fingerprint density at radius 2 is 1.65 bits per heavy atom. The molecule has 1 atom stereocenters. The zero-order chi connectivity index (χ0) is 18.8. The van der Waals surface area contributed by atoms with E-state index in [9.17, 15) is 4.79 Å². The minimum absolute atomic E-state index is 0.0688. The van der Waals surface area contributed by atoms with Crippen molar-refractivity contribution in [2.75, 3.05) is 6.61 Å². The molecule has 0 aliphatic carbocycles. The van der Waals surface area contributed by atoms with Gasteiger partial charge >= 0.3 is 6.16 Å². The summed E-state index contributed by atoms with van der Waals surface area (Å²) in [6, 6.07) is 16.6. The van der Waals surface area contributed by atoms with E-state index in [4.69, 9.17) is 9.84 Å². The maximum absolute atomic E-state index is 11.0. The third-order valence-corrected chi connectivity index (χ3v) is 4.84. The first-order chi connectivity index (χ1) is 12.7. The number of aryl methyl sites for hydroxylation is 1. The smallest absolute Gasteiger partial charge is 0.450 e. The van der Waals surface area contributed by atoms with Gasteiger partial charge in [0.05, 0.1) is 0 Å². The Bertz CT molecular complexity index is 679. The summed E-state index contributed by atoms with van der Waals surface area (Å²) in [4.78, 5) is 11.0. The molecule has 0 aliphatic rings. The first kappa shape index (κ1) is 20.0. The number of hydrogen-bond donors (Lipinski definition) is 1. The zero-order valence-electron chi connectivity index (χ0n) is 15.9. The number of hydrogen-bond acceptors (Lipinski definition) is 2. The van der Waals surface area contributed by atoms with Gasteiger partial charge in [0.15, 0.2) is 0 Å². The van der Waals surface area contributed by atoms with E-state index in [0.717, 1.165) is 31.2 Å². The second-order valence-electron chi connectivity index (χ2n) is 6.73. The van der Waals surface area contributed by atoms with Gasteiger partial charge in [-0.05, 0) is 47.9 Å². The molecule has 0 saturated heterocycles. The number of carbonyl (C=O) groups is 1. The number of rotatable bonds is 10. The highest BCUT2D eigenvalue weighted by molar-refractivity contribution is 5.57. The van der Waals surface area contributed by atoms with E-state index in [1.54, 1.807) is 0 Å². The molecule has 0 radical (unpaired) electrons. The van der Waals surface area contributed by atoms with Crippen LogP contribution >= 0.6 is 0 Å². The van der Waals surface area contributed by atoms with E-state index < -0.39 is 6.16 Å². The molecule has 3 heteroatoms. The lowest BCUT2D eigenvalue weighted by molar-refractivity contribution is 0.0888. The summed E-state index contributed by atoms with van der Waals surface area (Å²) in [6.45, 7) is 4.56. The van der Waals surface area contributed by atoms with Crippen molar-refractivity contribution in [2.45, 2.75) is 58.3 Å². The predicted molar refractivity (Wildman–Crippen MR) is 106 cm³/mol. The maximum Gasteiger partial charge on any atom is 0.505 e. The van der Waals surface area contributed by atoms with Crippen molar-refractivity contribution in [3.8, 4) is 0 Å². The normalized spacial score (nSPS) is 11.9. The molecule has 3 nitrogen and oxygen atoms in total. The van der Waals surface area contributed by atoms with Crippen LogP contribution < -0.4 is 0 Å². The highest BCUT2D eigenvalue weighted by Gasteiger charge is 2.21. The molecule has 0 aromatic heterocycles. The third-order valence-electron chi connectivity index (χ3n) is 4.84. The molecule has 26 heavy (non-hydrogen) atoms. The fourth-order valence-corrected chi connectivity index (χ4v) is 3.45. The van der Waals surface area contributed by atoms with Crippen molar-refractivity contribution in [2.24, 2.45) is 0 Å². The van der Waals surface area contributed by atoms with Crippen LogP contribution in [-0.4, -0.2) is 17.9 Å². The Morgan fingerprint density at radius 3 is 2.31 bits per heavy atom. The van der Waals surface area contributed by atoms with Crippen LogP contribution in [0.1, 0.15) is 67.7 Å². The van der Waals surface area contributed by atoms with Crippen LogP contribution in [0.3, 0.4) is 0 Å².